The van der Waals surface area contributed by atoms with E-state index in [4.69, 9.17) is 14.5 Å². The van der Waals surface area contributed by atoms with Crippen LogP contribution in [0.3, 0.4) is 0 Å². The lowest BCUT2D eigenvalue weighted by Crippen LogP contribution is -2.20. The number of para-hydroxylation sites is 3. The first-order valence-electron chi connectivity index (χ1n) is 12.1. The largest absolute Gasteiger partial charge is 0.497 e. The highest BCUT2D eigenvalue weighted by atomic mass is 16.5. The SMILES string of the molecule is COc1ccc(OC)c(NC(=O)Nc2cccc(CCc3nc4ccccc4n3-c3ccccc3)c2)c1. The molecule has 0 spiro atoms. The van der Waals surface area contributed by atoms with Gasteiger partial charge < -0.3 is 20.1 Å². The summed E-state index contributed by atoms with van der Waals surface area (Å²) in [5.74, 6) is 2.17. The van der Waals surface area contributed by atoms with Gasteiger partial charge in [0, 0.05) is 23.9 Å². The second-order valence-electron chi connectivity index (χ2n) is 8.53. The Labute approximate surface area is 215 Å². The third-order valence-electron chi connectivity index (χ3n) is 6.12. The molecule has 1 heterocycles. The van der Waals surface area contributed by atoms with Crippen LogP contribution in [0.5, 0.6) is 11.5 Å². The van der Waals surface area contributed by atoms with Crippen molar-refractivity contribution in [1.82, 2.24) is 9.55 Å². The van der Waals surface area contributed by atoms with E-state index < -0.39 is 0 Å². The van der Waals surface area contributed by atoms with E-state index in [-0.39, 0.29) is 6.03 Å². The van der Waals surface area contributed by atoms with Crippen molar-refractivity contribution in [3.63, 3.8) is 0 Å². The van der Waals surface area contributed by atoms with Crippen LogP contribution in [0, 0.1) is 0 Å². The molecule has 186 valence electrons. The van der Waals surface area contributed by atoms with Crippen molar-refractivity contribution in [3.8, 4) is 17.2 Å². The fourth-order valence-corrected chi connectivity index (χ4v) is 4.37. The number of urea groups is 1. The molecule has 0 bridgehead atoms. The summed E-state index contributed by atoms with van der Waals surface area (Å²) in [5, 5.41) is 5.74. The molecule has 0 fully saturated rings. The van der Waals surface area contributed by atoms with Crippen LogP contribution in [0.4, 0.5) is 16.2 Å². The number of methoxy groups -OCH3 is 2. The summed E-state index contributed by atoms with van der Waals surface area (Å²) in [4.78, 5) is 17.6. The van der Waals surface area contributed by atoms with E-state index >= 15 is 0 Å². The molecule has 4 aromatic carbocycles. The maximum absolute atomic E-state index is 12.7. The van der Waals surface area contributed by atoms with Crippen molar-refractivity contribution in [3.05, 3.63) is 108 Å². The summed E-state index contributed by atoms with van der Waals surface area (Å²) in [6.45, 7) is 0. The Balaban J connectivity index is 1.31. The topological polar surface area (TPSA) is 77.4 Å². The summed E-state index contributed by atoms with van der Waals surface area (Å²) in [7, 11) is 3.13. The van der Waals surface area contributed by atoms with Crippen molar-refractivity contribution in [1.29, 1.82) is 0 Å². The van der Waals surface area contributed by atoms with Gasteiger partial charge in [-0.3, -0.25) is 4.57 Å². The smallest absolute Gasteiger partial charge is 0.323 e. The standard InChI is InChI=1S/C30H28N4O3/c1-36-24-16-17-28(37-2)26(20-24)33-30(35)31-22-10-8-9-21(19-22)15-18-29-32-25-13-6-7-14-27(25)34(29)23-11-4-3-5-12-23/h3-14,16-17,19-20H,15,18H2,1-2H3,(H2,31,33,35). The molecule has 2 amide bonds. The number of ether oxygens (including phenoxy) is 2. The Morgan fingerprint density at radius 2 is 1.62 bits per heavy atom. The highest BCUT2D eigenvalue weighted by Gasteiger charge is 2.13. The third kappa shape index (κ3) is 5.41. The fraction of sp³-hybridized carbons (Fsp3) is 0.133. The average Bonchev–Trinajstić information content (AvgIpc) is 3.31. The molecule has 0 unspecified atom stereocenters. The summed E-state index contributed by atoms with van der Waals surface area (Å²) < 4.78 is 12.8. The summed E-state index contributed by atoms with van der Waals surface area (Å²) in [5.41, 5.74) is 5.48. The monoisotopic (exact) mass is 492 g/mol. The minimum Gasteiger partial charge on any atom is -0.497 e. The summed E-state index contributed by atoms with van der Waals surface area (Å²) in [6, 6.07) is 31.2. The van der Waals surface area contributed by atoms with Crippen LogP contribution in [0.1, 0.15) is 11.4 Å². The van der Waals surface area contributed by atoms with E-state index in [9.17, 15) is 4.79 Å². The van der Waals surface area contributed by atoms with Crippen LogP contribution in [0.25, 0.3) is 16.7 Å². The minimum atomic E-state index is -0.366. The van der Waals surface area contributed by atoms with E-state index in [1.807, 2.05) is 54.6 Å². The lowest BCUT2D eigenvalue weighted by atomic mass is 10.1. The van der Waals surface area contributed by atoms with Crippen molar-refractivity contribution >= 4 is 28.4 Å². The molecule has 37 heavy (non-hydrogen) atoms. The zero-order valence-corrected chi connectivity index (χ0v) is 20.8. The molecule has 1 aromatic heterocycles. The first-order valence-corrected chi connectivity index (χ1v) is 12.1. The molecule has 5 rings (SSSR count). The molecule has 7 heteroatoms. The molecule has 0 aliphatic rings. The van der Waals surface area contributed by atoms with Gasteiger partial charge in [-0.2, -0.15) is 0 Å². The zero-order chi connectivity index (χ0) is 25.6. The Bertz CT molecular complexity index is 1530. The van der Waals surface area contributed by atoms with Gasteiger partial charge in [-0.1, -0.05) is 42.5 Å². The number of amides is 2. The molecule has 0 atom stereocenters. The van der Waals surface area contributed by atoms with E-state index in [0.29, 0.717) is 22.9 Å². The summed E-state index contributed by atoms with van der Waals surface area (Å²) in [6.07, 6.45) is 1.53. The zero-order valence-electron chi connectivity index (χ0n) is 20.8. The van der Waals surface area contributed by atoms with Gasteiger partial charge in [0.15, 0.2) is 0 Å². The first kappa shape index (κ1) is 23.9. The highest BCUT2D eigenvalue weighted by molar-refractivity contribution is 6.00. The fourth-order valence-electron chi connectivity index (χ4n) is 4.37. The molecule has 0 aliphatic carbocycles. The van der Waals surface area contributed by atoms with Gasteiger partial charge in [0.1, 0.15) is 17.3 Å². The number of hydrogen-bond acceptors (Lipinski definition) is 4. The van der Waals surface area contributed by atoms with Gasteiger partial charge in [0.2, 0.25) is 0 Å². The number of rotatable bonds is 8. The van der Waals surface area contributed by atoms with Crippen LogP contribution in [0.2, 0.25) is 0 Å². The van der Waals surface area contributed by atoms with E-state index in [2.05, 4.69) is 39.5 Å². The van der Waals surface area contributed by atoms with Crippen molar-refractivity contribution < 1.29 is 14.3 Å². The number of hydrogen-bond donors (Lipinski definition) is 2. The lowest BCUT2D eigenvalue weighted by molar-refractivity contribution is 0.262. The number of imidazole rings is 1. The average molecular weight is 493 g/mol. The van der Waals surface area contributed by atoms with Gasteiger partial charge in [-0.05, 0) is 60.5 Å². The number of carbonyl (C=O) groups excluding carboxylic acids is 1. The van der Waals surface area contributed by atoms with E-state index in [0.717, 1.165) is 41.0 Å². The predicted molar refractivity (Wildman–Crippen MR) is 147 cm³/mol. The van der Waals surface area contributed by atoms with Crippen LogP contribution < -0.4 is 20.1 Å². The van der Waals surface area contributed by atoms with Crippen LogP contribution >= 0.6 is 0 Å². The molecule has 0 saturated carbocycles. The third-order valence-corrected chi connectivity index (χ3v) is 6.12. The van der Waals surface area contributed by atoms with Gasteiger partial charge >= 0.3 is 6.03 Å². The molecule has 2 N–H and O–H groups in total. The number of nitrogens with one attached hydrogen (secondary N) is 2. The Hall–Kier alpha value is -4.78. The first-order chi connectivity index (χ1) is 18.1. The molecule has 0 radical (unpaired) electrons. The molecular formula is C30H28N4O3. The van der Waals surface area contributed by atoms with Gasteiger partial charge in [-0.15, -0.1) is 0 Å². The number of aromatic nitrogens is 2. The minimum absolute atomic E-state index is 0.366. The quantitative estimate of drug-likeness (QED) is 0.260. The van der Waals surface area contributed by atoms with Gasteiger partial charge in [-0.25, -0.2) is 9.78 Å². The number of benzene rings is 4. The number of fused-ring (bicyclic) bond motifs is 1. The van der Waals surface area contributed by atoms with Crippen molar-refractivity contribution in [2.45, 2.75) is 12.8 Å². The van der Waals surface area contributed by atoms with Gasteiger partial charge in [0.05, 0.1) is 30.9 Å². The Morgan fingerprint density at radius 3 is 2.43 bits per heavy atom. The molecular weight excluding hydrogens is 464 g/mol. The summed E-state index contributed by atoms with van der Waals surface area (Å²) >= 11 is 0. The lowest BCUT2D eigenvalue weighted by Gasteiger charge is -2.13. The number of nitrogens with zero attached hydrogens (tertiary/aromatic N) is 2. The predicted octanol–water partition coefficient (Wildman–Crippen LogP) is 6.47. The highest BCUT2D eigenvalue weighted by Crippen LogP contribution is 2.29. The Morgan fingerprint density at radius 1 is 0.811 bits per heavy atom. The number of aryl methyl sites for hydroxylation is 2. The number of carbonyl (C=O) groups is 1. The molecule has 0 saturated heterocycles. The van der Waals surface area contributed by atoms with Crippen LogP contribution in [0.15, 0.2) is 97.1 Å². The maximum atomic E-state index is 12.7. The van der Waals surface area contributed by atoms with E-state index in [1.165, 1.54) is 0 Å². The Kier molecular flexibility index (Phi) is 7.03. The maximum Gasteiger partial charge on any atom is 0.323 e. The van der Waals surface area contributed by atoms with Crippen LogP contribution in [-0.2, 0) is 12.8 Å². The molecule has 7 nitrogen and oxygen atoms in total. The van der Waals surface area contributed by atoms with E-state index in [1.54, 1.807) is 32.4 Å². The van der Waals surface area contributed by atoms with Crippen molar-refractivity contribution in [2.75, 3.05) is 24.9 Å². The van der Waals surface area contributed by atoms with Gasteiger partial charge in [0.25, 0.3) is 0 Å². The normalized spacial score (nSPS) is 10.8. The molecule has 0 aliphatic heterocycles. The van der Waals surface area contributed by atoms with Crippen molar-refractivity contribution in [2.24, 2.45) is 0 Å². The number of anilines is 2. The molecule has 5 aromatic rings. The second kappa shape index (κ2) is 10.9. The second-order valence-corrected chi connectivity index (χ2v) is 8.53. The van der Waals surface area contributed by atoms with Crippen LogP contribution in [-0.4, -0.2) is 29.8 Å².